The SMILES string of the molecule is CC(CO[C@@H](C)c1cc2n(n1)CCN(c1ncc(C(F)(F)F)cn1)C2)Nc1cn[nH]c(=O)c1C(F)(F)F. The molecule has 37 heavy (non-hydrogen) atoms. The van der Waals surface area contributed by atoms with Gasteiger partial charge in [-0.1, -0.05) is 0 Å². The fourth-order valence-corrected chi connectivity index (χ4v) is 3.76. The summed E-state index contributed by atoms with van der Waals surface area (Å²) >= 11 is 0. The third-order valence-electron chi connectivity index (χ3n) is 5.62. The van der Waals surface area contributed by atoms with Crippen molar-refractivity contribution in [2.75, 3.05) is 23.4 Å². The third kappa shape index (κ3) is 6.00. The van der Waals surface area contributed by atoms with Crippen LogP contribution in [0.5, 0.6) is 0 Å². The Labute approximate surface area is 205 Å². The molecule has 0 aromatic carbocycles. The zero-order chi connectivity index (χ0) is 27.0. The Morgan fingerprint density at radius 1 is 1.08 bits per heavy atom. The highest BCUT2D eigenvalue weighted by Crippen LogP contribution is 2.32. The molecule has 0 fully saturated rings. The molecule has 3 aromatic rings. The van der Waals surface area contributed by atoms with Crippen molar-refractivity contribution < 1.29 is 31.1 Å². The Kier molecular flexibility index (Phi) is 7.12. The van der Waals surface area contributed by atoms with E-state index in [1.165, 1.54) is 0 Å². The zero-order valence-corrected chi connectivity index (χ0v) is 19.6. The lowest BCUT2D eigenvalue weighted by Crippen LogP contribution is -2.35. The lowest BCUT2D eigenvalue weighted by Gasteiger charge is -2.27. The van der Waals surface area contributed by atoms with Crippen LogP contribution in [-0.4, -0.2) is 49.1 Å². The first-order valence-corrected chi connectivity index (χ1v) is 11.1. The van der Waals surface area contributed by atoms with Crippen LogP contribution >= 0.6 is 0 Å². The van der Waals surface area contributed by atoms with Crippen molar-refractivity contribution in [1.82, 2.24) is 29.9 Å². The second kappa shape index (κ2) is 9.99. The maximum absolute atomic E-state index is 13.2. The van der Waals surface area contributed by atoms with Crippen LogP contribution in [0.2, 0.25) is 0 Å². The third-order valence-corrected chi connectivity index (χ3v) is 5.62. The van der Waals surface area contributed by atoms with Gasteiger partial charge in [-0.3, -0.25) is 9.48 Å². The minimum Gasteiger partial charge on any atom is -0.378 e. The van der Waals surface area contributed by atoms with Crippen LogP contribution in [-0.2, 0) is 30.2 Å². The maximum atomic E-state index is 13.2. The molecule has 4 rings (SSSR count). The Bertz CT molecular complexity index is 1290. The lowest BCUT2D eigenvalue weighted by molar-refractivity contribution is -0.139. The van der Waals surface area contributed by atoms with Crippen molar-refractivity contribution in [2.45, 2.75) is 51.4 Å². The predicted molar refractivity (Wildman–Crippen MR) is 118 cm³/mol. The summed E-state index contributed by atoms with van der Waals surface area (Å²) in [5.74, 6) is 0.165. The number of H-pyrrole nitrogens is 1. The average Bonchev–Trinajstić information content (AvgIpc) is 3.25. The van der Waals surface area contributed by atoms with Gasteiger partial charge in [0.15, 0.2) is 0 Å². The Balaban J connectivity index is 1.36. The van der Waals surface area contributed by atoms with E-state index in [4.69, 9.17) is 4.74 Å². The van der Waals surface area contributed by atoms with E-state index in [1.54, 1.807) is 34.6 Å². The molecule has 0 saturated carbocycles. The minimum atomic E-state index is -4.86. The normalized spacial score (nSPS) is 15.8. The van der Waals surface area contributed by atoms with E-state index >= 15 is 0 Å². The molecule has 0 radical (unpaired) electrons. The van der Waals surface area contributed by atoms with Crippen LogP contribution in [0, 0.1) is 0 Å². The second-order valence-corrected chi connectivity index (χ2v) is 8.48. The van der Waals surface area contributed by atoms with Gasteiger partial charge in [-0.05, 0) is 19.9 Å². The van der Waals surface area contributed by atoms with Crippen molar-refractivity contribution in [3.8, 4) is 0 Å². The monoisotopic (exact) mass is 532 g/mol. The van der Waals surface area contributed by atoms with Gasteiger partial charge < -0.3 is 15.0 Å². The van der Waals surface area contributed by atoms with Gasteiger partial charge in [0.05, 0.1) is 54.6 Å². The van der Waals surface area contributed by atoms with Crippen molar-refractivity contribution >= 4 is 11.6 Å². The van der Waals surface area contributed by atoms with Gasteiger partial charge >= 0.3 is 12.4 Å². The maximum Gasteiger partial charge on any atom is 0.423 e. The Morgan fingerprint density at radius 3 is 2.43 bits per heavy atom. The number of anilines is 2. The zero-order valence-electron chi connectivity index (χ0n) is 19.6. The summed E-state index contributed by atoms with van der Waals surface area (Å²) < 4.78 is 85.5. The van der Waals surface area contributed by atoms with Gasteiger partial charge in [0, 0.05) is 25.0 Å². The lowest BCUT2D eigenvalue weighted by atomic mass is 10.2. The number of ether oxygens (including phenoxy) is 1. The van der Waals surface area contributed by atoms with E-state index < -0.39 is 46.9 Å². The van der Waals surface area contributed by atoms with Crippen LogP contribution < -0.4 is 15.8 Å². The standard InChI is InChI=1S/C21H22F6N8O2/c1-11(31-16-8-30-32-18(36)17(16)21(25,26)27)10-37-12(2)15-5-14-9-34(3-4-35(14)33-15)19-28-6-13(7-29-19)20(22,23)24/h5-8,11-12H,3-4,9-10H2,1-2H3,(H2,31,32,36)/t11?,12-/m0/s1. The Hall–Kier alpha value is -3.69. The quantitative estimate of drug-likeness (QED) is 0.446. The number of fused-ring (bicyclic) bond motifs is 1. The molecule has 0 aliphatic carbocycles. The first-order valence-electron chi connectivity index (χ1n) is 11.1. The number of nitrogens with zero attached hydrogens (tertiary/aromatic N) is 6. The summed E-state index contributed by atoms with van der Waals surface area (Å²) in [6.45, 7) is 4.52. The van der Waals surface area contributed by atoms with E-state index in [2.05, 4.69) is 25.5 Å². The van der Waals surface area contributed by atoms with Crippen LogP contribution in [0.25, 0.3) is 0 Å². The van der Waals surface area contributed by atoms with Crippen LogP contribution in [0.3, 0.4) is 0 Å². The molecule has 3 aromatic heterocycles. The number of alkyl halides is 6. The summed E-state index contributed by atoms with van der Waals surface area (Å²) in [6.07, 6.45) is -7.53. The van der Waals surface area contributed by atoms with E-state index in [9.17, 15) is 31.1 Å². The topological polar surface area (TPSA) is 114 Å². The molecule has 4 heterocycles. The second-order valence-electron chi connectivity index (χ2n) is 8.48. The van der Waals surface area contributed by atoms with Gasteiger partial charge in [0.25, 0.3) is 5.56 Å². The van der Waals surface area contributed by atoms with E-state index in [-0.39, 0.29) is 12.6 Å². The highest BCUT2D eigenvalue weighted by Gasteiger charge is 2.37. The van der Waals surface area contributed by atoms with E-state index in [0.29, 0.717) is 25.3 Å². The van der Waals surface area contributed by atoms with Crippen molar-refractivity contribution in [1.29, 1.82) is 0 Å². The molecule has 10 nitrogen and oxygen atoms in total. The molecule has 0 saturated heterocycles. The van der Waals surface area contributed by atoms with Crippen LogP contribution in [0.15, 0.2) is 29.5 Å². The van der Waals surface area contributed by atoms with Crippen molar-refractivity contribution in [3.63, 3.8) is 0 Å². The molecule has 16 heteroatoms. The molecular formula is C21H22F6N8O2. The number of halogens is 6. The largest absolute Gasteiger partial charge is 0.423 e. The fraction of sp³-hybridized carbons (Fsp3) is 0.476. The number of rotatable bonds is 7. The molecule has 0 spiro atoms. The molecule has 2 N–H and O–H groups in total. The molecular weight excluding hydrogens is 510 g/mol. The highest BCUT2D eigenvalue weighted by atomic mass is 19.4. The van der Waals surface area contributed by atoms with Gasteiger partial charge in [0.1, 0.15) is 5.56 Å². The van der Waals surface area contributed by atoms with Gasteiger partial charge in [-0.2, -0.15) is 36.5 Å². The Morgan fingerprint density at radius 2 is 1.78 bits per heavy atom. The van der Waals surface area contributed by atoms with E-state index in [0.717, 1.165) is 24.3 Å². The molecule has 1 aliphatic heterocycles. The first-order chi connectivity index (χ1) is 17.3. The molecule has 0 bridgehead atoms. The molecule has 2 atom stereocenters. The van der Waals surface area contributed by atoms with Gasteiger partial charge in [0.2, 0.25) is 5.95 Å². The predicted octanol–water partition coefficient (Wildman–Crippen LogP) is 3.39. The fourth-order valence-electron chi connectivity index (χ4n) is 3.76. The van der Waals surface area contributed by atoms with Gasteiger partial charge in [-0.15, -0.1) is 0 Å². The summed E-state index contributed by atoms with van der Waals surface area (Å²) in [7, 11) is 0. The number of hydrogen-bond donors (Lipinski definition) is 2. The average molecular weight is 532 g/mol. The minimum absolute atomic E-state index is 0.00102. The van der Waals surface area contributed by atoms with Crippen molar-refractivity contribution in [2.24, 2.45) is 0 Å². The van der Waals surface area contributed by atoms with Gasteiger partial charge in [-0.25, -0.2) is 15.1 Å². The summed E-state index contributed by atoms with van der Waals surface area (Å²) in [6, 6.07) is 1.18. The molecule has 1 unspecified atom stereocenters. The summed E-state index contributed by atoms with van der Waals surface area (Å²) in [4.78, 5) is 21.0. The first kappa shape index (κ1) is 26.4. The highest BCUT2D eigenvalue weighted by molar-refractivity contribution is 5.50. The number of nitrogens with one attached hydrogen (secondary N) is 2. The van der Waals surface area contributed by atoms with Crippen LogP contribution in [0.4, 0.5) is 38.0 Å². The molecule has 0 amide bonds. The van der Waals surface area contributed by atoms with E-state index in [1.807, 2.05) is 0 Å². The number of aromatic nitrogens is 6. The summed E-state index contributed by atoms with van der Waals surface area (Å²) in [5.41, 5.74) is -2.76. The summed E-state index contributed by atoms with van der Waals surface area (Å²) in [5, 5.41) is 12.3. The number of aromatic amines is 1. The molecule has 1 aliphatic rings. The smallest absolute Gasteiger partial charge is 0.378 e. The number of hydrogen-bond acceptors (Lipinski definition) is 8. The van der Waals surface area contributed by atoms with Crippen LogP contribution in [0.1, 0.15) is 42.5 Å². The van der Waals surface area contributed by atoms with Crippen molar-refractivity contribution in [3.05, 3.63) is 57.5 Å². The molecule has 200 valence electrons.